The predicted molar refractivity (Wildman–Crippen MR) is 132 cm³/mol. The molecular formula is C25H19Br2FN2O3. The van der Waals surface area contributed by atoms with Crippen LogP contribution in [-0.4, -0.2) is 12.5 Å². The lowest BCUT2D eigenvalue weighted by Gasteiger charge is -2.15. The van der Waals surface area contributed by atoms with Crippen LogP contribution in [0.3, 0.4) is 0 Å². The van der Waals surface area contributed by atoms with E-state index in [4.69, 9.17) is 9.47 Å². The number of amides is 1. The Labute approximate surface area is 208 Å². The largest absolute Gasteiger partial charge is 0.490 e. The number of halogens is 3. The Balaban J connectivity index is 1.84. The molecule has 33 heavy (non-hydrogen) atoms. The lowest BCUT2D eigenvalue weighted by atomic mass is 10.1. The van der Waals surface area contributed by atoms with Gasteiger partial charge < -0.3 is 14.8 Å². The maximum Gasteiger partial charge on any atom is 0.266 e. The Bertz CT molecular complexity index is 1220. The third-order valence-corrected chi connectivity index (χ3v) is 5.47. The minimum absolute atomic E-state index is 0.0655. The molecule has 0 spiro atoms. The molecule has 0 radical (unpaired) electrons. The van der Waals surface area contributed by atoms with Crippen LogP contribution in [0, 0.1) is 17.1 Å². The number of carbonyl (C=O) groups excluding carboxylic acids is 1. The lowest BCUT2D eigenvalue weighted by molar-refractivity contribution is -0.112. The highest BCUT2D eigenvalue weighted by Crippen LogP contribution is 2.38. The van der Waals surface area contributed by atoms with E-state index < -0.39 is 5.91 Å². The van der Waals surface area contributed by atoms with Crippen molar-refractivity contribution in [3.63, 3.8) is 0 Å². The van der Waals surface area contributed by atoms with Crippen LogP contribution in [-0.2, 0) is 11.4 Å². The second kappa shape index (κ2) is 11.6. The zero-order valence-corrected chi connectivity index (χ0v) is 20.7. The lowest BCUT2D eigenvalue weighted by Crippen LogP contribution is -2.13. The van der Waals surface area contributed by atoms with E-state index in [1.54, 1.807) is 42.5 Å². The third-order valence-electron chi connectivity index (χ3n) is 4.39. The molecule has 3 aromatic carbocycles. The van der Waals surface area contributed by atoms with Gasteiger partial charge in [0.15, 0.2) is 11.5 Å². The molecule has 0 fully saturated rings. The topological polar surface area (TPSA) is 71.3 Å². The fourth-order valence-electron chi connectivity index (χ4n) is 2.89. The fourth-order valence-corrected chi connectivity index (χ4v) is 3.86. The molecule has 5 nitrogen and oxygen atoms in total. The van der Waals surface area contributed by atoms with Crippen LogP contribution in [0.2, 0.25) is 0 Å². The molecule has 0 aromatic heterocycles. The van der Waals surface area contributed by atoms with Crippen molar-refractivity contribution in [3.8, 4) is 17.6 Å². The Morgan fingerprint density at radius 2 is 1.88 bits per heavy atom. The van der Waals surface area contributed by atoms with Crippen LogP contribution >= 0.6 is 31.9 Å². The zero-order chi connectivity index (χ0) is 23.8. The van der Waals surface area contributed by atoms with Crippen LogP contribution in [0.1, 0.15) is 18.1 Å². The summed E-state index contributed by atoms with van der Waals surface area (Å²) in [7, 11) is 0. The van der Waals surface area contributed by atoms with Crippen molar-refractivity contribution < 1.29 is 18.7 Å². The number of nitrogens with zero attached hydrogens (tertiary/aromatic N) is 1. The summed E-state index contributed by atoms with van der Waals surface area (Å²) >= 11 is 6.83. The average molecular weight is 574 g/mol. The summed E-state index contributed by atoms with van der Waals surface area (Å²) in [6.45, 7) is 2.44. The quantitative estimate of drug-likeness (QED) is 0.236. The van der Waals surface area contributed by atoms with Crippen molar-refractivity contribution >= 4 is 49.5 Å². The summed E-state index contributed by atoms with van der Waals surface area (Å²) in [5.41, 5.74) is 1.88. The second-order valence-corrected chi connectivity index (χ2v) is 8.58. The van der Waals surface area contributed by atoms with Gasteiger partial charge in [0.2, 0.25) is 0 Å². The Kier molecular flexibility index (Phi) is 8.64. The highest BCUT2D eigenvalue weighted by atomic mass is 79.9. The molecule has 168 valence electrons. The van der Waals surface area contributed by atoms with Gasteiger partial charge in [-0.25, -0.2) is 4.39 Å². The molecule has 0 bridgehead atoms. The smallest absolute Gasteiger partial charge is 0.266 e. The zero-order valence-electron chi connectivity index (χ0n) is 17.6. The molecule has 8 heteroatoms. The predicted octanol–water partition coefficient (Wildman–Crippen LogP) is 6.87. The van der Waals surface area contributed by atoms with Gasteiger partial charge in [-0.1, -0.05) is 34.1 Å². The number of nitrogens with one attached hydrogen (secondary N) is 1. The molecule has 1 N–H and O–H groups in total. The highest BCUT2D eigenvalue weighted by Gasteiger charge is 2.15. The van der Waals surface area contributed by atoms with Crippen LogP contribution in [0.4, 0.5) is 10.1 Å². The van der Waals surface area contributed by atoms with Crippen LogP contribution in [0.5, 0.6) is 11.5 Å². The first kappa shape index (κ1) is 24.5. The summed E-state index contributed by atoms with van der Waals surface area (Å²) in [4.78, 5) is 12.6. The number of benzene rings is 3. The molecule has 0 aliphatic heterocycles. The maximum absolute atomic E-state index is 13.1. The van der Waals surface area contributed by atoms with Gasteiger partial charge in [0.1, 0.15) is 24.1 Å². The molecule has 1 amide bonds. The average Bonchev–Trinajstić information content (AvgIpc) is 2.78. The number of rotatable bonds is 8. The number of ether oxygens (including phenoxy) is 2. The first-order chi connectivity index (χ1) is 15.9. The van der Waals surface area contributed by atoms with E-state index in [1.165, 1.54) is 18.2 Å². The van der Waals surface area contributed by atoms with E-state index in [-0.39, 0.29) is 18.0 Å². The summed E-state index contributed by atoms with van der Waals surface area (Å²) in [6, 6.07) is 18.5. The van der Waals surface area contributed by atoms with E-state index in [0.717, 1.165) is 10.0 Å². The summed E-state index contributed by atoms with van der Waals surface area (Å²) in [6.07, 6.45) is 1.48. The molecule has 0 saturated carbocycles. The minimum Gasteiger partial charge on any atom is -0.490 e. The Hall–Kier alpha value is -3.15. The van der Waals surface area contributed by atoms with Crippen molar-refractivity contribution in [2.45, 2.75) is 13.5 Å². The molecule has 0 unspecified atom stereocenters. The third kappa shape index (κ3) is 6.91. The highest BCUT2D eigenvalue weighted by molar-refractivity contribution is 9.10. The van der Waals surface area contributed by atoms with E-state index in [1.807, 2.05) is 19.1 Å². The van der Waals surface area contributed by atoms with Crippen molar-refractivity contribution in [3.05, 3.63) is 92.1 Å². The number of nitriles is 1. The summed E-state index contributed by atoms with van der Waals surface area (Å²) in [5.74, 6) is 0.0740. The first-order valence-corrected chi connectivity index (χ1v) is 11.5. The Morgan fingerprint density at radius 3 is 2.55 bits per heavy atom. The van der Waals surface area contributed by atoms with Crippen molar-refractivity contribution in [2.75, 3.05) is 11.9 Å². The first-order valence-electron chi connectivity index (χ1n) is 9.92. The molecule has 3 aromatic rings. The molecule has 0 aliphatic carbocycles. The molecule has 0 heterocycles. The van der Waals surface area contributed by atoms with Crippen LogP contribution in [0.15, 0.2) is 75.2 Å². The Morgan fingerprint density at radius 1 is 1.12 bits per heavy atom. The summed E-state index contributed by atoms with van der Waals surface area (Å²) < 4.78 is 26.1. The fraction of sp³-hybridized carbons (Fsp3) is 0.120. The van der Waals surface area contributed by atoms with Gasteiger partial charge in [0.05, 0.1) is 11.1 Å². The van der Waals surface area contributed by atoms with Crippen molar-refractivity contribution in [1.29, 1.82) is 5.26 Å². The van der Waals surface area contributed by atoms with E-state index in [0.29, 0.717) is 33.8 Å². The molecule has 0 aliphatic rings. The van der Waals surface area contributed by atoms with E-state index in [9.17, 15) is 14.4 Å². The standard InChI is InChI=1S/C25H19Br2FN2O3/c1-2-32-23-12-17(10-18(14-29)25(31)30-21-5-3-4-19(26)13-21)11-22(27)24(23)33-15-16-6-8-20(28)9-7-16/h3-13H,2,15H2,1H3,(H,30,31)/b18-10-. The van der Waals surface area contributed by atoms with Gasteiger partial charge in [-0.2, -0.15) is 5.26 Å². The van der Waals surface area contributed by atoms with Crippen LogP contribution in [0.25, 0.3) is 6.08 Å². The van der Waals surface area contributed by atoms with Gasteiger partial charge in [0, 0.05) is 10.2 Å². The van der Waals surface area contributed by atoms with Gasteiger partial charge in [-0.3, -0.25) is 4.79 Å². The minimum atomic E-state index is -0.527. The molecule has 0 saturated heterocycles. The second-order valence-electron chi connectivity index (χ2n) is 6.81. The van der Waals surface area contributed by atoms with Gasteiger partial charge in [-0.15, -0.1) is 0 Å². The monoisotopic (exact) mass is 572 g/mol. The van der Waals surface area contributed by atoms with E-state index in [2.05, 4.69) is 37.2 Å². The molecule has 0 atom stereocenters. The van der Waals surface area contributed by atoms with Crippen molar-refractivity contribution in [1.82, 2.24) is 0 Å². The van der Waals surface area contributed by atoms with Crippen LogP contribution < -0.4 is 14.8 Å². The maximum atomic E-state index is 13.1. The normalized spacial score (nSPS) is 10.9. The van der Waals surface area contributed by atoms with Gasteiger partial charge in [0.25, 0.3) is 5.91 Å². The number of hydrogen-bond donors (Lipinski definition) is 1. The summed E-state index contributed by atoms with van der Waals surface area (Å²) in [5, 5.41) is 12.2. The SMILES string of the molecule is CCOc1cc(/C=C(/C#N)C(=O)Nc2cccc(Br)c2)cc(Br)c1OCc1ccc(F)cc1. The number of anilines is 1. The molecule has 3 rings (SSSR count). The van der Waals surface area contributed by atoms with Gasteiger partial charge >= 0.3 is 0 Å². The molecular weight excluding hydrogens is 555 g/mol. The number of carbonyl (C=O) groups is 1. The van der Waals surface area contributed by atoms with Gasteiger partial charge in [-0.05, 0) is 82.5 Å². The van der Waals surface area contributed by atoms with E-state index >= 15 is 0 Å². The van der Waals surface area contributed by atoms with Crippen molar-refractivity contribution in [2.24, 2.45) is 0 Å². The number of hydrogen-bond acceptors (Lipinski definition) is 4.